The maximum Gasteiger partial charge on any atom is 0.0178 e. The molecule has 0 aliphatic carbocycles. The van der Waals surface area contributed by atoms with Gasteiger partial charge in [0.2, 0.25) is 0 Å². The summed E-state index contributed by atoms with van der Waals surface area (Å²) < 4.78 is 1.13. The molecule has 2 aromatic carbocycles. The molecule has 2 aromatic rings. The molecule has 0 bridgehead atoms. The van der Waals surface area contributed by atoms with Gasteiger partial charge in [-0.25, -0.2) is 0 Å². The van der Waals surface area contributed by atoms with Gasteiger partial charge in [-0.15, -0.1) is 0 Å². The third-order valence-corrected chi connectivity index (χ3v) is 2.77. The van der Waals surface area contributed by atoms with Crippen LogP contribution in [0.3, 0.4) is 0 Å². The largest absolute Gasteiger partial charge is 0.269 e. The van der Waals surface area contributed by atoms with Crippen molar-refractivity contribution < 1.29 is 14.1 Å². The van der Waals surface area contributed by atoms with Crippen LogP contribution >= 0.6 is 15.9 Å². The van der Waals surface area contributed by atoms with Crippen molar-refractivity contribution in [2.75, 3.05) is 0 Å². The zero-order valence-corrected chi connectivity index (χ0v) is 10.8. The molecule has 17 heavy (non-hydrogen) atoms. The Morgan fingerprint density at radius 3 is 1.94 bits per heavy atom. The highest BCUT2D eigenvalue weighted by atomic mass is 79.9. The summed E-state index contributed by atoms with van der Waals surface area (Å²) in [5, 5.41) is 0. The van der Waals surface area contributed by atoms with E-state index in [9.17, 15) is 0 Å². The number of aryl methyl sites for hydroxylation is 1. The normalized spacial score (nSPS) is 8.35. The number of rotatable bonds is 1. The van der Waals surface area contributed by atoms with Crippen molar-refractivity contribution in [3.8, 4) is 11.1 Å². The van der Waals surface area contributed by atoms with E-state index in [0.29, 0.717) is 0 Å². The van der Waals surface area contributed by atoms with Crippen molar-refractivity contribution in [3.05, 3.63) is 58.6 Å². The van der Waals surface area contributed by atoms with Gasteiger partial charge in [0, 0.05) is 4.47 Å². The van der Waals surface area contributed by atoms with Crippen LogP contribution in [0.25, 0.3) is 11.1 Å². The van der Waals surface area contributed by atoms with Gasteiger partial charge in [-0.05, 0) is 35.7 Å². The lowest BCUT2D eigenvalue weighted by Gasteiger charge is -2.05. The van der Waals surface area contributed by atoms with Crippen molar-refractivity contribution in [2.45, 2.75) is 6.92 Å². The smallest absolute Gasteiger partial charge is 0.0178 e. The Hall–Kier alpha value is -1.29. The molecule has 0 fully saturated rings. The fourth-order valence-corrected chi connectivity index (χ4v) is 2.04. The van der Waals surface area contributed by atoms with E-state index < -0.39 is 0 Å². The van der Waals surface area contributed by atoms with E-state index in [1.54, 1.807) is 0 Å². The van der Waals surface area contributed by atoms with Gasteiger partial charge in [0.05, 0.1) is 0 Å². The Labute approximate surface area is 107 Å². The van der Waals surface area contributed by atoms with Gasteiger partial charge in [0.25, 0.3) is 0 Å². The highest BCUT2D eigenvalue weighted by molar-refractivity contribution is 9.10. The minimum Gasteiger partial charge on any atom is -0.269 e. The predicted octanol–water partition coefficient (Wildman–Crippen LogP) is 4.88. The maximum absolute atomic E-state index is 3.47. The monoisotopic (exact) mass is 306 g/mol. The Morgan fingerprint density at radius 2 is 1.41 bits per heavy atom. The van der Waals surface area contributed by atoms with Gasteiger partial charge in [0.15, 0.2) is 0 Å². The molecule has 0 radical (unpaired) electrons. The number of halogens is 4. The quantitative estimate of drug-likeness (QED) is 0.704. The van der Waals surface area contributed by atoms with Gasteiger partial charge >= 0.3 is 0 Å². The number of benzene rings is 2. The molecule has 0 heterocycles. The fraction of sp³-hybridized carbons (Fsp3) is 0.0769. The number of hydrogen-bond acceptors (Lipinski definition) is 0. The van der Waals surface area contributed by atoms with E-state index in [1.165, 1.54) is 16.7 Å². The molecular formula is C13H14BrF3. The van der Waals surface area contributed by atoms with Gasteiger partial charge in [-0.1, -0.05) is 52.3 Å². The first-order valence-electron chi connectivity index (χ1n) is 4.59. The highest BCUT2D eigenvalue weighted by Crippen LogP contribution is 2.25. The SMILES string of the molecule is Cc1cc(Br)ccc1-c1ccccc1.F.F.F. The number of hydrogen-bond donors (Lipinski definition) is 0. The molecule has 0 spiro atoms. The average molecular weight is 307 g/mol. The molecule has 4 heteroatoms. The lowest BCUT2D eigenvalue weighted by molar-refractivity contribution is 1.11. The van der Waals surface area contributed by atoms with Crippen molar-refractivity contribution >= 4 is 15.9 Å². The molecular weight excluding hydrogens is 293 g/mol. The van der Waals surface area contributed by atoms with E-state index in [0.717, 1.165) is 4.47 Å². The summed E-state index contributed by atoms with van der Waals surface area (Å²) in [5.41, 5.74) is 3.87. The first-order chi connectivity index (χ1) is 6.77. The topological polar surface area (TPSA) is 0 Å². The first kappa shape index (κ1) is 18.1. The molecule has 2 rings (SSSR count). The van der Waals surface area contributed by atoms with Crippen LogP contribution in [-0.4, -0.2) is 0 Å². The minimum atomic E-state index is 0. The summed E-state index contributed by atoms with van der Waals surface area (Å²) >= 11 is 3.47. The summed E-state index contributed by atoms with van der Waals surface area (Å²) in [7, 11) is 0. The molecule has 94 valence electrons. The van der Waals surface area contributed by atoms with Crippen molar-refractivity contribution in [3.63, 3.8) is 0 Å². The summed E-state index contributed by atoms with van der Waals surface area (Å²) in [6.45, 7) is 2.13. The molecule has 0 saturated heterocycles. The van der Waals surface area contributed by atoms with E-state index in [-0.39, 0.29) is 14.1 Å². The highest BCUT2D eigenvalue weighted by Gasteiger charge is 2.00. The van der Waals surface area contributed by atoms with E-state index in [4.69, 9.17) is 0 Å². The standard InChI is InChI=1S/C13H11Br.3FH/c1-10-9-12(14)7-8-13(10)11-5-3-2-4-6-11;;;/h2-9H,1H3;3*1H. The van der Waals surface area contributed by atoms with Crippen LogP contribution in [0.1, 0.15) is 5.56 Å². The van der Waals surface area contributed by atoms with Crippen LogP contribution in [0, 0.1) is 6.92 Å². The third kappa shape index (κ3) is 4.23. The van der Waals surface area contributed by atoms with Crippen molar-refractivity contribution in [1.82, 2.24) is 0 Å². The molecule has 0 aliphatic rings. The van der Waals surface area contributed by atoms with Crippen LogP contribution in [-0.2, 0) is 0 Å². The average Bonchev–Trinajstić information content (AvgIpc) is 2.19. The Morgan fingerprint density at radius 1 is 0.824 bits per heavy atom. The van der Waals surface area contributed by atoms with Crippen LogP contribution in [0.5, 0.6) is 0 Å². The van der Waals surface area contributed by atoms with E-state index in [1.807, 2.05) is 6.07 Å². The summed E-state index contributed by atoms with van der Waals surface area (Å²) in [4.78, 5) is 0. The molecule has 0 amide bonds. The van der Waals surface area contributed by atoms with E-state index in [2.05, 4.69) is 65.3 Å². The summed E-state index contributed by atoms with van der Waals surface area (Å²) in [6, 6.07) is 16.8. The summed E-state index contributed by atoms with van der Waals surface area (Å²) in [5.74, 6) is 0. The molecule has 0 aromatic heterocycles. The van der Waals surface area contributed by atoms with Crippen molar-refractivity contribution in [1.29, 1.82) is 0 Å². The van der Waals surface area contributed by atoms with E-state index >= 15 is 0 Å². The Balaban J connectivity index is 0. The maximum atomic E-state index is 3.47. The van der Waals surface area contributed by atoms with Gasteiger partial charge in [0.1, 0.15) is 0 Å². The van der Waals surface area contributed by atoms with Crippen LogP contribution in [0.2, 0.25) is 0 Å². The van der Waals surface area contributed by atoms with Gasteiger partial charge in [-0.2, -0.15) is 0 Å². The second-order valence-electron chi connectivity index (χ2n) is 3.33. The molecule has 0 atom stereocenters. The zero-order chi connectivity index (χ0) is 9.97. The van der Waals surface area contributed by atoms with Gasteiger partial charge < -0.3 is 0 Å². The van der Waals surface area contributed by atoms with Gasteiger partial charge in [-0.3, -0.25) is 14.1 Å². The summed E-state index contributed by atoms with van der Waals surface area (Å²) in [6.07, 6.45) is 0. The first-order valence-corrected chi connectivity index (χ1v) is 5.38. The molecule has 0 nitrogen and oxygen atoms in total. The lowest BCUT2D eigenvalue weighted by Crippen LogP contribution is -1.82. The van der Waals surface area contributed by atoms with Crippen molar-refractivity contribution in [2.24, 2.45) is 0 Å². The Kier molecular flexibility index (Phi) is 8.40. The minimum absolute atomic E-state index is 0. The van der Waals surface area contributed by atoms with Crippen LogP contribution in [0.4, 0.5) is 14.1 Å². The van der Waals surface area contributed by atoms with Crippen LogP contribution in [0.15, 0.2) is 53.0 Å². The third-order valence-electron chi connectivity index (χ3n) is 2.27. The Bertz CT molecular complexity index is 444. The van der Waals surface area contributed by atoms with Crippen LogP contribution < -0.4 is 0 Å². The second kappa shape index (κ2) is 7.90. The fourth-order valence-electron chi connectivity index (χ4n) is 1.57. The lowest BCUT2D eigenvalue weighted by atomic mass is 10.0. The molecule has 0 saturated carbocycles. The second-order valence-corrected chi connectivity index (χ2v) is 4.24. The molecule has 0 aliphatic heterocycles. The molecule has 0 N–H and O–H groups in total. The zero-order valence-electron chi connectivity index (χ0n) is 9.22. The predicted molar refractivity (Wildman–Crippen MR) is 71.8 cm³/mol. The molecule has 0 unspecified atom stereocenters.